The van der Waals surface area contributed by atoms with E-state index in [1.165, 1.54) is 38.8 Å². The maximum atomic E-state index is 11.3. The maximum absolute atomic E-state index is 11.3. The van der Waals surface area contributed by atoms with Gasteiger partial charge in [-0.1, -0.05) is 25.0 Å². The van der Waals surface area contributed by atoms with E-state index in [4.69, 9.17) is 5.73 Å². The molecule has 26 heavy (non-hydrogen) atoms. The summed E-state index contributed by atoms with van der Waals surface area (Å²) in [5.41, 5.74) is 6.83. The Balaban J connectivity index is 1.78. The first-order valence-corrected chi connectivity index (χ1v) is 9.82. The third-order valence-corrected chi connectivity index (χ3v) is 4.62. The van der Waals surface area contributed by atoms with Gasteiger partial charge in [-0.3, -0.25) is 4.79 Å². The van der Waals surface area contributed by atoms with Gasteiger partial charge in [-0.15, -0.1) is 0 Å². The fourth-order valence-corrected chi connectivity index (χ4v) is 3.20. The fourth-order valence-electron chi connectivity index (χ4n) is 3.20. The Morgan fingerprint density at radius 2 is 1.96 bits per heavy atom. The van der Waals surface area contributed by atoms with Crippen LogP contribution >= 0.6 is 0 Å². The van der Waals surface area contributed by atoms with Crippen molar-refractivity contribution in [3.63, 3.8) is 0 Å². The molecule has 1 amide bonds. The molecule has 0 unspecified atom stereocenters. The van der Waals surface area contributed by atoms with Crippen molar-refractivity contribution in [2.24, 2.45) is 10.7 Å². The Hall–Kier alpha value is -2.08. The molecule has 144 valence electrons. The number of hydrogen-bond donors (Lipinski definition) is 3. The van der Waals surface area contributed by atoms with Gasteiger partial charge in [-0.2, -0.15) is 0 Å². The summed E-state index contributed by atoms with van der Waals surface area (Å²) in [5, 5.41) is 6.68. The number of benzene rings is 1. The van der Waals surface area contributed by atoms with Crippen LogP contribution in [0, 0.1) is 0 Å². The van der Waals surface area contributed by atoms with Gasteiger partial charge < -0.3 is 21.3 Å². The second-order valence-electron chi connectivity index (χ2n) is 6.80. The minimum atomic E-state index is -0.408. The fraction of sp³-hybridized carbons (Fsp3) is 0.600. The summed E-state index contributed by atoms with van der Waals surface area (Å²) in [5.74, 6) is 0.405. The molecule has 0 aliphatic carbocycles. The van der Waals surface area contributed by atoms with Crippen LogP contribution < -0.4 is 16.4 Å². The quantitative estimate of drug-likeness (QED) is 0.377. The zero-order valence-electron chi connectivity index (χ0n) is 16.0. The smallest absolute Gasteiger partial charge is 0.248 e. The molecule has 1 aromatic carbocycles. The molecule has 1 saturated heterocycles. The predicted molar refractivity (Wildman–Crippen MR) is 107 cm³/mol. The standard InChI is InChI=1S/C20H33N5O/c1-2-22-20(23-11-8-14-25-12-5-3-4-6-13-25)24-16-17-9-7-10-18(15-17)19(21)26/h7,9-10,15H,2-6,8,11-14,16H2,1H3,(H2,21,26)(H2,22,23,24). The van der Waals surface area contributed by atoms with Crippen molar-refractivity contribution in [2.45, 2.75) is 45.6 Å². The van der Waals surface area contributed by atoms with E-state index in [0.717, 1.165) is 37.6 Å². The summed E-state index contributed by atoms with van der Waals surface area (Å²) in [7, 11) is 0. The Morgan fingerprint density at radius 3 is 2.65 bits per heavy atom. The van der Waals surface area contributed by atoms with Crippen LogP contribution in [0.4, 0.5) is 0 Å². The van der Waals surface area contributed by atoms with Gasteiger partial charge in [0.2, 0.25) is 5.91 Å². The molecular weight excluding hydrogens is 326 g/mol. The highest BCUT2D eigenvalue weighted by Gasteiger charge is 2.08. The third kappa shape index (κ3) is 7.44. The number of primary amides is 1. The van der Waals surface area contributed by atoms with Crippen LogP contribution in [0.3, 0.4) is 0 Å². The van der Waals surface area contributed by atoms with Gasteiger partial charge in [-0.05, 0) is 63.5 Å². The molecule has 6 nitrogen and oxygen atoms in total. The summed E-state index contributed by atoms with van der Waals surface area (Å²) in [6.45, 7) is 7.93. The second-order valence-corrected chi connectivity index (χ2v) is 6.80. The summed E-state index contributed by atoms with van der Waals surface area (Å²) in [6, 6.07) is 7.32. The minimum Gasteiger partial charge on any atom is -0.366 e. The number of nitrogens with two attached hydrogens (primary N) is 1. The van der Waals surface area contributed by atoms with Crippen LogP contribution in [0.15, 0.2) is 29.3 Å². The average molecular weight is 360 g/mol. The zero-order chi connectivity index (χ0) is 18.6. The number of amides is 1. The summed E-state index contributed by atoms with van der Waals surface area (Å²) < 4.78 is 0. The second kappa shape index (κ2) is 11.5. The van der Waals surface area contributed by atoms with Gasteiger partial charge >= 0.3 is 0 Å². The molecular formula is C20H33N5O. The number of carbonyl (C=O) groups is 1. The number of carbonyl (C=O) groups excluding carboxylic acids is 1. The number of hydrogen-bond acceptors (Lipinski definition) is 3. The van der Waals surface area contributed by atoms with E-state index in [9.17, 15) is 4.79 Å². The van der Waals surface area contributed by atoms with E-state index < -0.39 is 5.91 Å². The van der Waals surface area contributed by atoms with E-state index in [-0.39, 0.29) is 0 Å². The van der Waals surface area contributed by atoms with E-state index >= 15 is 0 Å². The highest BCUT2D eigenvalue weighted by atomic mass is 16.1. The highest BCUT2D eigenvalue weighted by molar-refractivity contribution is 5.92. The monoisotopic (exact) mass is 359 g/mol. The highest BCUT2D eigenvalue weighted by Crippen LogP contribution is 2.09. The van der Waals surface area contributed by atoms with Gasteiger partial charge in [0.05, 0.1) is 6.54 Å². The zero-order valence-corrected chi connectivity index (χ0v) is 16.0. The van der Waals surface area contributed by atoms with Crippen LogP contribution in [0.25, 0.3) is 0 Å². The molecule has 0 atom stereocenters. The Bertz CT molecular complexity index is 579. The lowest BCUT2D eigenvalue weighted by molar-refractivity contribution is 0.1000. The SMILES string of the molecule is CCNC(=NCc1cccc(C(N)=O)c1)NCCCN1CCCCCC1. The van der Waals surface area contributed by atoms with E-state index in [1.807, 2.05) is 12.1 Å². The van der Waals surface area contributed by atoms with Crippen molar-refractivity contribution in [3.8, 4) is 0 Å². The average Bonchev–Trinajstić information content (AvgIpc) is 2.92. The number of aliphatic imine (C=N–C) groups is 1. The van der Waals surface area contributed by atoms with Gasteiger partial charge in [0.25, 0.3) is 0 Å². The lowest BCUT2D eigenvalue weighted by Crippen LogP contribution is -2.39. The molecule has 0 bridgehead atoms. The van der Waals surface area contributed by atoms with Crippen LogP contribution in [-0.4, -0.2) is 49.5 Å². The largest absolute Gasteiger partial charge is 0.366 e. The molecule has 0 spiro atoms. The minimum absolute atomic E-state index is 0.408. The normalized spacial score (nSPS) is 16.1. The number of nitrogens with zero attached hydrogens (tertiary/aromatic N) is 2. The molecule has 0 saturated carbocycles. The van der Waals surface area contributed by atoms with Crippen molar-refractivity contribution in [1.82, 2.24) is 15.5 Å². The van der Waals surface area contributed by atoms with Gasteiger partial charge in [0, 0.05) is 18.7 Å². The van der Waals surface area contributed by atoms with Crippen molar-refractivity contribution < 1.29 is 4.79 Å². The molecule has 1 aliphatic rings. The first-order chi connectivity index (χ1) is 12.7. The molecule has 1 fully saturated rings. The Morgan fingerprint density at radius 1 is 1.19 bits per heavy atom. The molecule has 1 heterocycles. The first kappa shape index (κ1) is 20.2. The number of guanidine groups is 1. The maximum Gasteiger partial charge on any atom is 0.248 e. The Labute approximate surface area is 157 Å². The topological polar surface area (TPSA) is 82.7 Å². The molecule has 1 aromatic rings. The van der Waals surface area contributed by atoms with E-state index in [1.54, 1.807) is 12.1 Å². The van der Waals surface area contributed by atoms with Crippen LogP contribution in [0.5, 0.6) is 0 Å². The lowest BCUT2D eigenvalue weighted by Gasteiger charge is -2.20. The van der Waals surface area contributed by atoms with Crippen LogP contribution in [-0.2, 0) is 6.54 Å². The van der Waals surface area contributed by atoms with Crippen LogP contribution in [0.2, 0.25) is 0 Å². The van der Waals surface area contributed by atoms with Crippen LogP contribution in [0.1, 0.15) is 54.9 Å². The lowest BCUT2D eigenvalue weighted by atomic mass is 10.1. The predicted octanol–water partition coefficient (Wildman–Crippen LogP) is 2.11. The van der Waals surface area contributed by atoms with Gasteiger partial charge in [0.15, 0.2) is 5.96 Å². The molecule has 4 N–H and O–H groups in total. The molecule has 0 aromatic heterocycles. The van der Waals surface area contributed by atoms with Crippen molar-refractivity contribution in [2.75, 3.05) is 32.7 Å². The molecule has 1 aliphatic heterocycles. The van der Waals surface area contributed by atoms with E-state index in [0.29, 0.717) is 12.1 Å². The van der Waals surface area contributed by atoms with Crippen molar-refractivity contribution in [3.05, 3.63) is 35.4 Å². The molecule has 6 heteroatoms. The number of rotatable bonds is 8. The van der Waals surface area contributed by atoms with Crippen molar-refractivity contribution >= 4 is 11.9 Å². The number of nitrogens with one attached hydrogen (secondary N) is 2. The van der Waals surface area contributed by atoms with Crippen molar-refractivity contribution in [1.29, 1.82) is 0 Å². The number of likely N-dealkylation sites (tertiary alicyclic amines) is 1. The first-order valence-electron chi connectivity index (χ1n) is 9.82. The molecule has 2 rings (SSSR count). The molecule has 0 radical (unpaired) electrons. The summed E-state index contributed by atoms with van der Waals surface area (Å²) in [4.78, 5) is 18.5. The summed E-state index contributed by atoms with van der Waals surface area (Å²) in [6.07, 6.45) is 6.54. The third-order valence-electron chi connectivity index (χ3n) is 4.62. The Kier molecular flexibility index (Phi) is 8.96. The van der Waals surface area contributed by atoms with Gasteiger partial charge in [0.1, 0.15) is 0 Å². The summed E-state index contributed by atoms with van der Waals surface area (Å²) >= 11 is 0. The van der Waals surface area contributed by atoms with E-state index in [2.05, 4.69) is 27.4 Å². The van der Waals surface area contributed by atoms with Gasteiger partial charge in [-0.25, -0.2) is 4.99 Å².